The minimum Gasteiger partial charge on any atom is -0.308 e. The molecule has 2 heterocycles. The topological polar surface area (TPSA) is 12.0 Å². The van der Waals surface area contributed by atoms with Gasteiger partial charge in [0.15, 0.2) is 0 Å². The average Bonchev–Trinajstić information content (AvgIpc) is 2.62. The molecule has 0 aliphatic carbocycles. The number of hydrogen-bond acceptors (Lipinski definition) is 2. The Kier molecular flexibility index (Phi) is 1.28. The van der Waals surface area contributed by atoms with Crippen LogP contribution in [0, 0.1) is 0 Å². The molecule has 1 aromatic heterocycles. The highest BCUT2D eigenvalue weighted by molar-refractivity contribution is 7.19. The van der Waals surface area contributed by atoms with Crippen molar-refractivity contribution in [1.82, 2.24) is 5.32 Å². The predicted octanol–water partition coefficient (Wildman–Crippen LogP) is 2.50. The van der Waals surface area contributed by atoms with Crippen LogP contribution in [0.25, 0.3) is 10.1 Å². The van der Waals surface area contributed by atoms with Crippen LogP contribution >= 0.6 is 11.3 Å². The third-order valence-corrected chi connectivity index (χ3v) is 3.58. The van der Waals surface area contributed by atoms with Crippen molar-refractivity contribution in [2.45, 2.75) is 13.1 Å². The smallest absolute Gasteiger partial charge is 0.0349 e. The Morgan fingerprint density at radius 2 is 2.08 bits per heavy atom. The van der Waals surface area contributed by atoms with Gasteiger partial charge in [-0.3, -0.25) is 0 Å². The van der Waals surface area contributed by atoms with Gasteiger partial charge in [0, 0.05) is 22.7 Å². The third-order valence-electron chi connectivity index (χ3n) is 2.37. The van der Waals surface area contributed by atoms with Crippen molar-refractivity contribution in [3.05, 3.63) is 34.7 Å². The van der Waals surface area contributed by atoms with Gasteiger partial charge in [-0.05, 0) is 17.0 Å². The first-order valence-corrected chi connectivity index (χ1v) is 4.97. The van der Waals surface area contributed by atoms with Crippen LogP contribution in [0.4, 0.5) is 0 Å². The van der Waals surface area contributed by atoms with E-state index in [4.69, 9.17) is 0 Å². The van der Waals surface area contributed by atoms with Crippen molar-refractivity contribution in [1.29, 1.82) is 0 Å². The van der Waals surface area contributed by atoms with Gasteiger partial charge in [0.25, 0.3) is 0 Å². The molecule has 0 amide bonds. The first-order valence-electron chi connectivity index (χ1n) is 4.15. The maximum absolute atomic E-state index is 3.37. The van der Waals surface area contributed by atoms with Crippen LogP contribution in [0.15, 0.2) is 24.3 Å². The molecule has 1 nitrogen and oxygen atoms in total. The van der Waals surface area contributed by atoms with Gasteiger partial charge in [-0.1, -0.05) is 18.2 Å². The molecule has 0 atom stereocenters. The second-order valence-corrected chi connectivity index (χ2v) is 4.24. The van der Waals surface area contributed by atoms with E-state index in [9.17, 15) is 0 Å². The van der Waals surface area contributed by atoms with E-state index in [-0.39, 0.29) is 0 Å². The molecule has 1 aliphatic heterocycles. The van der Waals surface area contributed by atoms with E-state index in [0.29, 0.717) is 0 Å². The molecule has 2 heteroatoms. The monoisotopic (exact) mass is 175 g/mol. The van der Waals surface area contributed by atoms with Crippen LogP contribution < -0.4 is 5.32 Å². The summed E-state index contributed by atoms with van der Waals surface area (Å²) in [6.07, 6.45) is 0. The molecule has 0 saturated carbocycles. The molecule has 0 spiro atoms. The molecule has 3 rings (SSSR count). The summed E-state index contributed by atoms with van der Waals surface area (Å²) in [5.41, 5.74) is 1.52. The van der Waals surface area contributed by atoms with Crippen molar-refractivity contribution in [2.24, 2.45) is 0 Å². The van der Waals surface area contributed by atoms with E-state index in [1.807, 2.05) is 11.3 Å². The highest BCUT2D eigenvalue weighted by Gasteiger charge is 2.15. The first kappa shape index (κ1) is 6.63. The van der Waals surface area contributed by atoms with Gasteiger partial charge in [0.2, 0.25) is 0 Å². The van der Waals surface area contributed by atoms with Crippen molar-refractivity contribution in [3.63, 3.8) is 0 Å². The van der Waals surface area contributed by atoms with E-state index in [1.54, 1.807) is 0 Å². The van der Waals surface area contributed by atoms with Gasteiger partial charge in [0.1, 0.15) is 0 Å². The molecule has 2 aromatic rings. The Balaban J connectivity index is 2.44. The number of benzene rings is 1. The summed E-state index contributed by atoms with van der Waals surface area (Å²) in [6.45, 7) is 2.12. The number of hydrogen-bond donors (Lipinski definition) is 1. The molecular formula is C10H9NS. The van der Waals surface area contributed by atoms with Crippen LogP contribution in [0.2, 0.25) is 0 Å². The van der Waals surface area contributed by atoms with Gasteiger partial charge in [-0.25, -0.2) is 0 Å². The molecule has 1 aromatic carbocycles. The normalized spacial score (nSPS) is 15.3. The molecule has 12 heavy (non-hydrogen) atoms. The summed E-state index contributed by atoms with van der Waals surface area (Å²) in [7, 11) is 0. The largest absolute Gasteiger partial charge is 0.308 e. The summed E-state index contributed by atoms with van der Waals surface area (Å²) in [4.78, 5) is 1.52. The van der Waals surface area contributed by atoms with Crippen LogP contribution in [0.1, 0.15) is 10.4 Å². The van der Waals surface area contributed by atoms with E-state index in [1.165, 1.54) is 20.5 Å². The lowest BCUT2D eigenvalue weighted by Gasteiger charge is -1.91. The quantitative estimate of drug-likeness (QED) is 0.648. The standard InChI is InChI=1S/C10H9NS/c1-2-4-9-7(3-1)8-5-11-6-10(8)12-9/h1-4,11H,5-6H2. The molecule has 0 saturated heterocycles. The number of thiophene rings is 1. The Labute approximate surface area is 75.0 Å². The van der Waals surface area contributed by atoms with Crippen LogP contribution in [0.5, 0.6) is 0 Å². The number of rotatable bonds is 0. The molecule has 0 unspecified atom stereocenters. The van der Waals surface area contributed by atoms with E-state index < -0.39 is 0 Å². The van der Waals surface area contributed by atoms with E-state index in [2.05, 4.69) is 29.6 Å². The fourth-order valence-corrected chi connectivity index (χ4v) is 2.98. The van der Waals surface area contributed by atoms with Crippen molar-refractivity contribution in [3.8, 4) is 0 Å². The van der Waals surface area contributed by atoms with Crippen molar-refractivity contribution >= 4 is 21.4 Å². The summed E-state index contributed by atoms with van der Waals surface area (Å²) in [6, 6.07) is 8.66. The molecule has 1 N–H and O–H groups in total. The Morgan fingerprint density at radius 3 is 3.08 bits per heavy atom. The van der Waals surface area contributed by atoms with Crippen molar-refractivity contribution < 1.29 is 0 Å². The minimum atomic E-state index is 1.05. The van der Waals surface area contributed by atoms with Gasteiger partial charge in [-0.2, -0.15) is 0 Å². The Morgan fingerprint density at radius 1 is 1.17 bits per heavy atom. The summed E-state index contributed by atoms with van der Waals surface area (Å²) < 4.78 is 1.43. The summed E-state index contributed by atoms with van der Waals surface area (Å²) >= 11 is 1.92. The number of nitrogens with one attached hydrogen (secondary N) is 1. The first-order chi connectivity index (χ1) is 5.95. The van der Waals surface area contributed by atoms with Gasteiger partial charge < -0.3 is 5.32 Å². The summed E-state index contributed by atoms with van der Waals surface area (Å²) in [5.74, 6) is 0. The highest BCUT2D eigenvalue weighted by Crippen LogP contribution is 2.33. The maximum atomic E-state index is 3.37. The summed E-state index contributed by atoms with van der Waals surface area (Å²) in [5, 5.41) is 4.82. The zero-order valence-electron chi connectivity index (χ0n) is 6.63. The Hall–Kier alpha value is -0.860. The number of fused-ring (bicyclic) bond motifs is 3. The predicted molar refractivity (Wildman–Crippen MR) is 52.4 cm³/mol. The van der Waals surface area contributed by atoms with Gasteiger partial charge >= 0.3 is 0 Å². The SMILES string of the molecule is c1ccc2c3c(sc2c1)CNC3. The Bertz CT molecular complexity index is 430. The van der Waals surface area contributed by atoms with Gasteiger partial charge in [-0.15, -0.1) is 11.3 Å². The zero-order valence-corrected chi connectivity index (χ0v) is 7.45. The lowest BCUT2D eigenvalue weighted by atomic mass is 10.1. The van der Waals surface area contributed by atoms with E-state index in [0.717, 1.165) is 13.1 Å². The maximum Gasteiger partial charge on any atom is 0.0349 e. The molecule has 0 bridgehead atoms. The third kappa shape index (κ3) is 0.765. The molecule has 1 aliphatic rings. The van der Waals surface area contributed by atoms with Crippen LogP contribution in [-0.2, 0) is 13.1 Å². The van der Waals surface area contributed by atoms with Crippen LogP contribution in [0.3, 0.4) is 0 Å². The highest BCUT2D eigenvalue weighted by atomic mass is 32.1. The fourth-order valence-electron chi connectivity index (χ4n) is 1.79. The van der Waals surface area contributed by atoms with Gasteiger partial charge in [0.05, 0.1) is 0 Å². The lowest BCUT2D eigenvalue weighted by Crippen LogP contribution is -2.00. The fraction of sp³-hybridized carbons (Fsp3) is 0.200. The lowest BCUT2D eigenvalue weighted by molar-refractivity contribution is 0.769. The molecule has 60 valence electrons. The molecule has 0 fully saturated rings. The molecular weight excluding hydrogens is 166 g/mol. The molecule has 0 radical (unpaired) electrons. The van der Waals surface area contributed by atoms with E-state index >= 15 is 0 Å². The average molecular weight is 175 g/mol. The second kappa shape index (κ2) is 2.31. The second-order valence-electron chi connectivity index (χ2n) is 3.10. The minimum absolute atomic E-state index is 1.05. The van der Waals surface area contributed by atoms with Crippen LogP contribution in [-0.4, -0.2) is 0 Å². The zero-order chi connectivity index (χ0) is 7.97. The van der Waals surface area contributed by atoms with Crippen molar-refractivity contribution in [2.75, 3.05) is 0 Å².